The van der Waals surface area contributed by atoms with Gasteiger partial charge in [0.05, 0.1) is 6.04 Å². The quantitative estimate of drug-likeness (QED) is 0.571. The van der Waals surface area contributed by atoms with Gasteiger partial charge in [-0.1, -0.05) is 6.08 Å². The summed E-state index contributed by atoms with van der Waals surface area (Å²) in [6.07, 6.45) is 6.00. The molecule has 128 valence electrons. The molecular formula is C17H20N2O5. The molecule has 1 aromatic rings. The van der Waals surface area contributed by atoms with E-state index < -0.39 is 23.6 Å². The maximum atomic E-state index is 12.3. The van der Waals surface area contributed by atoms with Crippen LogP contribution in [0.25, 0.3) is 6.08 Å². The highest BCUT2D eigenvalue weighted by molar-refractivity contribution is 6.36. The maximum Gasteiger partial charge on any atom is 0.287 e. The monoisotopic (exact) mass is 332 g/mol. The Kier molecular flexibility index (Phi) is 5.68. The highest BCUT2D eigenvalue weighted by Gasteiger charge is 2.24. The van der Waals surface area contributed by atoms with Crippen LogP contribution in [0.1, 0.15) is 46.7 Å². The third kappa shape index (κ3) is 3.79. The standard InChI is InChI=1S/C17H20N2O5/c1-10-12-5-3-4-6-14(12)24-15(10)17(23)19-11(9-20)7-8-13(21)16(22)18-2/h4,6,9,11H,3,5,7-8H2,1-2H3,(H,18,22)(H,19,23). The molecule has 1 atom stereocenters. The fourth-order valence-corrected chi connectivity index (χ4v) is 2.60. The molecule has 1 unspecified atom stereocenters. The van der Waals surface area contributed by atoms with Crippen molar-refractivity contribution in [3.05, 3.63) is 28.7 Å². The Bertz CT molecular complexity index is 702. The van der Waals surface area contributed by atoms with Gasteiger partial charge in [-0.2, -0.15) is 0 Å². The predicted molar refractivity (Wildman–Crippen MR) is 86.4 cm³/mol. The van der Waals surface area contributed by atoms with Crippen LogP contribution in [0.2, 0.25) is 0 Å². The van der Waals surface area contributed by atoms with E-state index in [-0.39, 0.29) is 18.6 Å². The fraction of sp³-hybridized carbons (Fsp3) is 0.412. The van der Waals surface area contributed by atoms with Gasteiger partial charge in [0.15, 0.2) is 5.76 Å². The highest BCUT2D eigenvalue weighted by Crippen LogP contribution is 2.28. The second-order valence-electron chi connectivity index (χ2n) is 5.60. The van der Waals surface area contributed by atoms with Crippen molar-refractivity contribution in [2.45, 2.75) is 38.6 Å². The molecular weight excluding hydrogens is 312 g/mol. The number of hydrogen-bond donors (Lipinski definition) is 2. The Balaban J connectivity index is 2.01. The van der Waals surface area contributed by atoms with Crippen molar-refractivity contribution < 1.29 is 23.6 Å². The zero-order valence-corrected chi connectivity index (χ0v) is 13.7. The number of carbonyl (C=O) groups is 4. The number of ketones is 1. The summed E-state index contributed by atoms with van der Waals surface area (Å²) >= 11 is 0. The minimum absolute atomic E-state index is 0.0564. The number of likely N-dealkylation sites (N-methyl/N-ethyl adjacent to an activating group) is 1. The van der Waals surface area contributed by atoms with E-state index in [1.54, 1.807) is 6.92 Å². The lowest BCUT2D eigenvalue weighted by Gasteiger charge is -2.11. The molecule has 2 amide bonds. The second-order valence-corrected chi connectivity index (χ2v) is 5.60. The third-order valence-electron chi connectivity index (χ3n) is 3.98. The molecule has 1 aliphatic carbocycles. The van der Waals surface area contributed by atoms with Crippen molar-refractivity contribution in [3.8, 4) is 0 Å². The molecule has 0 radical (unpaired) electrons. The van der Waals surface area contributed by atoms with Crippen LogP contribution in [0.4, 0.5) is 0 Å². The topological polar surface area (TPSA) is 105 Å². The average molecular weight is 332 g/mol. The number of nitrogens with one attached hydrogen (secondary N) is 2. The van der Waals surface area contributed by atoms with E-state index in [1.165, 1.54) is 7.05 Å². The van der Waals surface area contributed by atoms with E-state index in [0.29, 0.717) is 12.0 Å². The Morgan fingerprint density at radius 2 is 2.12 bits per heavy atom. The van der Waals surface area contributed by atoms with Crippen LogP contribution in [0, 0.1) is 6.92 Å². The molecule has 0 saturated heterocycles. The molecule has 7 heteroatoms. The van der Waals surface area contributed by atoms with Crippen LogP contribution in [-0.4, -0.2) is 37.0 Å². The molecule has 0 fully saturated rings. The molecule has 0 bridgehead atoms. The maximum absolute atomic E-state index is 12.3. The van der Waals surface area contributed by atoms with Crippen LogP contribution in [0.5, 0.6) is 0 Å². The van der Waals surface area contributed by atoms with Gasteiger partial charge in [0.2, 0.25) is 5.78 Å². The fourth-order valence-electron chi connectivity index (χ4n) is 2.60. The summed E-state index contributed by atoms with van der Waals surface area (Å²) in [5, 5.41) is 4.76. The van der Waals surface area contributed by atoms with Gasteiger partial charge >= 0.3 is 0 Å². The first-order chi connectivity index (χ1) is 11.5. The van der Waals surface area contributed by atoms with Crippen molar-refractivity contribution >= 4 is 30.0 Å². The van der Waals surface area contributed by atoms with E-state index in [1.807, 2.05) is 12.2 Å². The van der Waals surface area contributed by atoms with E-state index in [9.17, 15) is 19.2 Å². The van der Waals surface area contributed by atoms with Crippen LogP contribution < -0.4 is 10.6 Å². The zero-order chi connectivity index (χ0) is 17.7. The van der Waals surface area contributed by atoms with Crippen LogP contribution in [0.15, 0.2) is 10.5 Å². The number of Topliss-reactive ketones (excluding diaryl/α,β-unsaturated/α-hetero) is 1. The van der Waals surface area contributed by atoms with Gasteiger partial charge < -0.3 is 19.8 Å². The number of aldehydes is 1. The number of fused-ring (bicyclic) bond motifs is 1. The van der Waals surface area contributed by atoms with E-state index in [2.05, 4.69) is 10.6 Å². The number of allylic oxidation sites excluding steroid dienone is 1. The first kappa shape index (κ1) is 17.7. The molecule has 7 nitrogen and oxygen atoms in total. The number of furan rings is 1. The van der Waals surface area contributed by atoms with Crippen LogP contribution in [0.3, 0.4) is 0 Å². The number of carbonyl (C=O) groups excluding carboxylic acids is 4. The van der Waals surface area contributed by atoms with Gasteiger partial charge in [-0.05, 0) is 32.3 Å². The smallest absolute Gasteiger partial charge is 0.287 e. The lowest BCUT2D eigenvalue weighted by atomic mass is 10.00. The first-order valence-corrected chi connectivity index (χ1v) is 7.77. The van der Waals surface area contributed by atoms with Gasteiger partial charge in [0.25, 0.3) is 11.8 Å². The summed E-state index contributed by atoms with van der Waals surface area (Å²) in [7, 11) is 1.36. The molecule has 2 rings (SSSR count). The van der Waals surface area contributed by atoms with Crippen molar-refractivity contribution in [3.63, 3.8) is 0 Å². The van der Waals surface area contributed by atoms with E-state index in [0.717, 1.165) is 24.0 Å². The third-order valence-corrected chi connectivity index (χ3v) is 3.98. The minimum Gasteiger partial charge on any atom is -0.451 e. The van der Waals surface area contributed by atoms with E-state index >= 15 is 0 Å². The summed E-state index contributed by atoms with van der Waals surface area (Å²) in [6.45, 7) is 1.81. The van der Waals surface area contributed by atoms with E-state index in [4.69, 9.17) is 4.42 Å². The summed E-state index contributed by atoms with van der Waals surface area (Å²) in [5.74, 6) is -1.00. The Labute approximate surface area is 139 Å². The van der Waals surface area contributed by atoms with Crippen molar-refractivity contribution in [2.75, 3.05) is 7.05 Å². The molecule has 1 heterocycles. The molecule has 0 spiro atoms. The van der Waals surface area contributed by atoms with Crippen LogP contribution in [-0.2, 0) is 20.8 Å². The lowest BCUT2D eigenvalue weighted by Crippen LogP contribution is -2.37. The highest BCUT2D eigenvalue weighted by atomic mass is 16.4. The number of amides is 2. The van der Waals surface area contributed by atoms with Gasteiger partial charge in [-0.3, -0.25) is 14.4 Å². The largest absolute Gasteiger partial charge is 0.451 e. The van der Waals surface area contributed by atoms with Crippen molar-refractivity contribution in [1.82, 2.24) is 10.6 Å². The summed E-state index contributed by atoms with van der Waals surface area (Å²) in [5.41, 5.74) is 1.76. The van der Waals surface area contributed by atoms with Gasteiger partial charge in [0.1, 0.15) is 12.0 Å². The Morgan fingerprint density at radius 1 is 1.38 bits per heavy atom. The first-order valence-electron chi connectivity index (χ1n) is 7.77. The van der Waals surface area contributed by atoms with Gasteiger partial charge in [0, 0.05) is 24.6 Å². The van der Waals surface area contributed by atoms with Gasteiger partial charge in [-0.15, -0.1) is 0 Å². The molecule has 0 aromatic carbocycles. The molecule has 0 saturated carbocycles. The number of hydrogen-bond acceptors (Lipinski definition) is 5. The average Bonchev–Trinajstić information content (AvgIpc) is 2.94. The normalized spacial score (nSPS) is 13.8. The summed E-state index contributed by atoms with van der Waals surface area (Å²) in [4.78, 5) is 46.1. The molecule has 1 aromatic heterocycles. The SMILES string of the molecule is CNC(=O)C(=O)CCC(C=O)NC(=O)c1oc2c(c1C)CCC=C2. The summed E-state index contributed by atoms with van der Waals surface area (Å²) < 4.78 is 5.58. The van der Waals surface area contributed by atoms with Gasteiger partial charge in [-0.25, -0.2) is 0 Å². The molecule has 2 N–H and O–H groups in total. The predicted octanol–water partition coefficient (Wildman–Crippen LogP) is 0.940. The molecule has 0 aliphatic heterocycles. The second kappa shape index (κ2) is 7.72. The Hall–Kier alpha value is -2.70. The van der Waals surface area contributed by atoms with Crippen molar-refractivity contribution in [2.24, 2.45) is 0 Å². The lowest BCUT2D eigenvalue weighted by molar-refractivity contribution is -0.137. The zero-order valence-electron chi connectivity index (χ0n) is 13.7. The number of rotatable bonds is 7. The molecule has 24 heavy (non-hydrogen) atoms. The minimum atomic E-state index is -0.858. The molecule has 1 aliphatic rings. The van der Waals surface area contributed by atoms with Crippen LogP contribution >= 0.6 is 0 Å². The summed E-state index contributed by atoms with van der Waals surface area (Å²) in [6, 6.07) is -0.858. The Morgan fingerprint density at radius 3 is 2.75 bits per heavy atom. The van der Waals surface area contributed by atoms with Crippen molar-refractivity contribution in [1.29, 1.82) is 0 Å².